The molecule has 3 N–H and O–H groups in total. The number of fused-ring (bicyclic) bond motifs is 3. The van der Waals surface area contributed by atoms with Crippen molar-refractivity contribution in [3.05, 3.63) is 22.8 Å². The number of carbonyl (C=O) groups excluding carboxylic acids is 4. The van der Waals surface area contributed by atoms with Crippen LogP contribution in [0.5, 0.6) is 11.5 Å². The molecule has 0 bridgehead atoms. The average Bonchev–Trinajstić information content (AvgIpc) is 3.76. The van der Waals surface area contributed by atoms with Crippen LogP contribution in [0.25, 0.3) is 0 Å². The molecule has 3 saturated carbocycles. The highest BCUT2D eigenvalue weighted by Gasteiger charge is 2.65. The third kappa shape index (κ3) is 4.58. The van der Waals surface area contributed by atoms with E-state index < -0.39 is 52.8 Å². The van der Waals surface area contributed by atoms with Gasteiger partial charge < -0.3 is 20.3 Å². The largest absolute Gasteiger partial charge is 0.507 e. The molecule has 0 aromatic heterocycles. The molecule has 0 radical (unpaired) electrons. The number of ether oxygens (including phenoxy) is 2. The van der Waals surface area contributed by atoms with Crippen molar-refractivity contribution in [2.24, 2.45) is 35.3 Å². The summed E-state index contributed by atoms with van der Waals surface area (Å²) in [6.45, 7) is 5.75. The standard InChI is InChI=1S/C31H43N3O7/c1-7-34(15(2)16-8-9-16)14-18-12-22(35)24-19(28(18)40-5)10-17-11-21-25(33(3)4)26(36)20(30(32)39)13-31(21,41-6)29(38)23(17)27(24)37/h12,15-17,20-21,23,25,35H,7-11,13-14H2,1-6H3,(H2,32,39). The first-order valence-electron chi connectivity index (χ1n) is 14.7. The molecule has 7 unspecified atom stereocenters. The van der Waals surface area contributed by atoms with Crippen LogP contribution >= 0.6 is 0 Å². The number of benzene rings is 1. The molecule has 224 valence electrons. The van der Waals surface area contributed by atoms with Crippen LogP contribution in [0.2, 0.25) is 0 Å². The van der Waals surface area contributed by atoms with Gasteiger partial charge in [0.15, 0.2) is 17.3 Å². The minimum atomic E-state index is -1.52. The first kappa shape index (κ1) is 29.7. The number of likely N-dealkylation sites (N-methyl/N-ethyl adjacent to an activating group) is 1. The number of nitrogens with zero attached hydrogens (tertiary/aromatic N) is 2. The number of aromatic hydroxyl groups is 1. The van der Waals surface area contributed by atoms with Gasteiger partial charge in [0.1, 0.15) is 23.0 Å². The second kappa shape index (κ2) is 10.8. The first-order valence-corrected chi connectivity index (χ1v) is 14.7. The van der Waals surface area contributed by atoms with E-state index in [-0.39, 0.29) is 23.5 Å². The van der Waals surface area contributed by atoms with Crippen molar-refractivity contribution in [3.63, 3.8) is 0 Å². The maximum Gasteiger partial charge on any atom is 0.228 e. The number of ketones is 3. The van der Waals surface area contributed by atoms with E-state index in [4.69, 9.17) is 15.2 Å². The number of primary amides is 1. The number of hydrogen-bond acceptors (Lipinski definition) is 9. The molecule has 3 fully saturated rings. The fourth-order valence-electron chi connectivity index (χ4n) is 8.14. The first-order chi connectivity index (χ1) is 19.4. The van der Waals surface area contributed by atoms with Gasteiger partial charge in [-0.15, -0.1) is 0 Å². The number of phenols is 1. The van der Waals surface area contributed by atoms with Crippen LogP contribution in [-0.2, 0) is 32.1 Å². The monoisotopic (exact) mass is 569 g/mol. The maximum absolute atomic E-state index is 14.3. The minimum absolute atomic E-state index is 0.116. The number of hydrogen-bond donors (Lipinski definition) is 2. The van der Waals surface area contributed by atoms with Gasteiger partial charge >= 0.3 is 0 Å². The van der Waals surface area contributed by atoms with Crippen LogP contribution in [0, 0.1) is 29.6 Å². The van der Waals surface area contributed by atoms with Gasteiger partial charge in [0.25, 0.3) is 0 Å². The van der Waals surface area contributed by atoms with Crippen LogP contribution in [0.3, 0.4) is 0 Å². The van der Waals surface area contributed by atoms with Gasteiger partial charge in [0.2, 0.25) is 5.91 Å². The van der Waals surface area contributed by atoms with E-state index in [0.29, 0.717) is 42.7 Å². The molecule has 10 heteroatoms. The zero-order chi connectivity index (χ0) is 30.0. The summed E-state index contributed by atoms with van der Waals surface area (Å²) in [6.07, 6.45) is 2.96. The Morgan fingerprint density at radius 1 is 1.22 bits per heavy atom. The Morgan fingerprint density at radius 3 is 2.44 bits per heavy atom. The van der Waals surface area contributed by atoms with E-state index in [0.717, 1.165) is 12.1 Å². The molecule has 1 amide bonds. The van der Waals surface area contributed by atoms with Crippen LogP contribution < -0.4 is 10.5 Å². The summed E-state index contributed by atoms with van der Waals surface area (Å²) in [6, 6.07) is 1.22. The van der Waals surface area contributed by atoms with Gasteiger partial charge in [-0.25, -0.2) is 0 Å². The van der Waals surface area contributed by atoms with Crippen molar-refractivity contribution in [2.75, 3.05) is 34.9 Å². The van der Waals surface area contributed by atoms with Gasteiger partial charge in [-0.2, -0.15) is 0 Å². The van der Waals surface area contributed by atoms with E-state index in [1.807, 2.05) is 0 Å². The van der Waals surface area contributed by atoms with E-state index in [1.165, 1.54) is 20.0 Å². The number of Topliss-reactive ketones (excluding diaryl/α,β-unsaturated/α-hetero) is 3. The fraction of sp³-hybridized carbons (Fsp3) is 0.677. The predicted octanol–water partition coefficient (Wildman–Crippen LogP) is 1.97. The highest BCUT2D eigenvalue weighted by molar-refractivity contribution is 6.18. The zero-order valence-corrected chi connectivity index (χ0v) is 24.9. The molecule has 4 aliphatic rings. The SMILES string of the molecule is CCN(Cc1cc(O)c2c(c1OC)CC1CC3C(N(C)C)C(=O)C(C(N)=O)CC3(OC)C(=O)C1C2=O)C(C)C1CC1. The highest BCUT2D eigenvalue weighted by atomic mass is 16.5. The summed E-state index contributed by atoms with van der Waals surface area (Å²) < 4.78 is 11.8. The lowest BCUT2D eigenvalue weighted by Crippen LogP contribution is -2.70. The summed E-state index contributed by atoms with van der Waals surface area (Å²) in [5.74, 6) is -4.19. The van der Waals surface area contributed by atoms with Crippen molar-refractivity contribution in [1.29, 1.82) is 0 Å². The zero-order valence-electron chi connectivity index (χ0n) is 24.9. The molecule has 0 spiro atoms. The summed E-state index contributed by atoms with van der Waals surface area (Å²) in [5, 5.41) is 11.2. The third-order valence-electron chi connectivity index (χ3n) is 10.4. The smallest absolute Gasteiger partial charge is 0.228 e. The number of rotatable bonds is 9. The number of phenolic OH excluding ortho intramolecular Hbond substituents is 1. The lowest BCUT2D eigenvalue weighted by Gasteiger charge is -2.55. The minimum Gasteiger partial charge on any atom is -0.507 e. The Balaban J connectivity index is 1.57. The van der Waals surface area contributed by atoms with E-state index >= 15 is 0 Å². The van der Waals surface area contributed by atoms with Crippen molar-refractivity contribution in [2.45, 2.75) is 70.2 Å². The molecule has 0 saturated heterocycles. The molecule has 5 rings (SSSR count). The van der Waals surface area contributed by atoms with E-state index in [1.54, 1.807) is 32.2 Å². The Bertz CT molecular complexity index is 1270. The van der Waals surface area contributed by atoms with Crippen molar-refractivity contribution in [1.82, 2.24) is 9.80 Å². The summed E-state index contributed by atoms with van der Waals surface area (Å²) in [5.41, 5.74) is 5.63. The molecule has 0 aliphatic heterocycles. The lowest BCUT2D eigenvalue weighted by atomic mass is 9.52. The second-order valence-electron chi connectivity index (χ2n) is 12.7. The third-order valence-corrected chi connectivity index (χ3v) is 10.4. The highest BCUT2D eigenvalue weighted by Crippen LogP contribution is 2.54. The van der Waals surface area contributed by atoms with Gasteiger partial charge in [0, 0.05) is 43.2 Å². The van der Waals surface area contributed by atoms with Crippen molar-refractivity contribution >= 4 is 23.3 Å². The molecule has 1 aromatic rings. The normalized spacial score (nSPS) is 32.0. The van der Waals surface area contributed by atoms with E-state index in [9.17, 15) is 24.3 Å². The molecular weight excluding hydrogens is 526 g/mol. The fourth-order valence-corrected chi connectivity index (χ4v) is 8.14. The van der Waals surface area contributed by atoms with Gasteiger partial charge in [-0.1, -0.05) is 6.92 Å². The molecule has 41 heavy (non-hydrogen) atoms. The Kier molecular flexibility index (Phi) is 7.80. The van der Waals surface area contributed by atoms with Crippen molar-refractivity contribution in [3.8, 4) is 11.5 Å². The number of methoxy groups -OCH3 is 2. The molecular formula is C31H43N3O7. The maximum atomic E-state index is 14.3. The van der Waals surface area contributed by atoms with E-state index in [2.05, 4.69) is 18.7 Å². The number of carbonyl (C=O) groups is 4. The predicted molar refractivity (Wildman–Crippen MR) is 151 cm³/mol. The second-order valence-corrected chi connectivity index (χ2v) is 12.7. The van der Waals surface area contributed by atoms with Gasteiger partial charge in [0.05, 0.1) is 24.6 Å². The molecule has 4 aliphatic carbocycles. The van der Waals surface area contributed by atoms with Crippen LogP contribution in [0.15, 0.2) is 6.07 Å². The molecule has 0 heterocycles. The van der Waals surface area contributed by atoms with Crippen LogP contribution in [0.1, 0.15) is 61.0 Å². The van der Waals surface area contributed by atoms with Crippen molar-refractivity contribution < 1.29 is 33.8 Å². The summed E-state index contributed by atoms with van der Waals surface area (Å²) in [7, 11) is 6.43. The quantitative estimate of drug-likeness (QED) is 0.427. The van der Waals surface area contributed by atoms with Crippen LogP contribution in [-0.4, -0.2) is 90.7 Å². The average molecular weight is 570 g/mol. The topological polar surface area (TPSA) is 139 Å². The van der Waals surface area contributed by atoms with Crippen LogP contribution in [0.4, 0.5) is 0 Å². The van der Waals surface area contributed by atoms with Gasteiger partial charge in [-0.3, -0.25) is 29.0 Å². The molecule has 1 aromatic carbocycles. The molecule has 10 nitrogen and oxygen atoms in total. The Labute approximate surface area is 241 Å². The summed E-state index contributed by atoms with van der Waals surface area (Å²) >= 11 is 0. The van der Waals surface area contributed by atoms with Gasteiger partial charge in [-0.05, 0) is 71.1 Å². The molecule has 7 atom stereocenters. The number of nitrogens with two attached hydrogens (primary N) is 1. The summed E-state index contributed by atoms with van der Waals surface area (Å²) in [4.78, 5) is 58.3. The number of amides is 1. The Morgan fingerprint density at radius 2 is 1.90 bits per heavy atom. The Hall–Kier alpha value is -2.82. The lowest BCUT2D eigenvalue weighted by molar-refractivity contribution is -0.182.